The summed E-state index contributed by atoms with van der Waals surface area (Å²) in [7, 11) is 0. The van der Waals surface area contributed by atoms with Gasteiger partial charge in [-0.25, -0.2) is 8.78 Å². The number of benzene rings is 2. The highest BCUT2D eigenvalue weighted by atomic mass is 35.5. The van der Waals surface area contributed by atoms with Crippen molar-refractivity contribution in [3.63, 3.8) is 0 Å². The predicted molar refractivity (Wildman–Crippen MR) is 62.7 cm³/mol. The lowest BCUT2D eigenvalue weighted by Crippen LogP contribution is -1.94. The van der Waals surface area contributed by atoms with Gasteiger partial charge in [-0.05, 0) is 35.4 Å². The molecule has 0 saturated carbocycles. The molecule has 4 heteroatoms. The van der Waals surface area contributed by atoms with E-state index < -0.39 is 18.2 Å². The summed E-state index contributed by atoms with van der Waals surface area (Å²) in [4.78, 5) is 0. The van der Waals surface area contributed by atoms with Gasteiger partial charge in [-0.2, -0.15) is 0 Å². The highest BCUT2D eigenvalue weighted by Gasteiger charge is 2.13. The summed E-state index contributed by atoms with van der Waals surface area (Å²) in [5.41, 5.74) is 0.437. The van der Waals surface area contributed by atoms with Crippen LogP contribution >= 0.6 is 11.6 Å². The highest BCUT2D eigenvalue weighted by molar-refractivity contribution is 6.30. The van der Waals surface area contributed by atoms with E-state index in [2.05, 4.69) is 0 Å². The lowest BCUT2D eigenvalue weighted by Gasteiger charge is -2.07. The zero-order valence-electron chi connectivity index (χ0n) is 8.75. The normalized spacial score (nSPS) is 10.6. The maximum Gasteiger partial charge on any atom is 0.134 e. The molecule has 0 saturated heterocycles. The van der Waals surface area contributed by atoms with Crippen molar-refractivity contribution in [2.24, 2.45) is 0 Å². The summed E-state index contributed by atoms with van der Waals surface area (Å²) in [5, 5.41) is 9.25. The molecule has 0 spiro atoms. The van der Waals surface area contributed by atoms with E-state index >= 15 is 0 Å². The Kier molecular flexibility index (Phi) is 3.41. The molecule has 1 nitrogen and oxygen atoms in total. The van der Waals surface area contributed by atoms with Crippen LogP contribution in [0.2, 0.25) is 5.02 Å². The van der Waals surface area contributed by atoms with E-state index in [9.17, 15) is 8.78 Å². The fourth-order valence-corrected chi connectivity index (χ4v) is 1.83. The van der Waals surface area contributed by atoms with Crippen molar-refractivity contribution in [1.29, 1.82) is 0 Å². The van der Waals surface area contributed by atoms with E-state index in [4.69, 9.17) is 16.7 Å². The molecule has 0 atom stereocenters. The van der Waals surface area contributed by atoms with Crippen molar-refractivity contribution in [3.05, 3.63) is 58.6 Å². The first kappa shape index (κ1) is 12.0. The quantitative estimate of drug-likeness (QED) is 0.865. The van der Waals surface area contributed by atoms with Gasteiger partial charge in [-0.1, -0.05) is 23.7 Å². The van der Waals surface area contributed by atoms with E-state index in [1.165, 1.54) is 6.07 Å². The van der Waals surface area contributed by atoms with Crippen molar-refractivity contribution in [1.82, 2.24) is 0 Å². The average molecular weight is 255 g/mol. The summed E-state index contributed by atoms with van der Waals surface area (Å²) >= 11 is 5.77. The molecular weight excluding hydrogens is 246 g/mol. The third kappa shape index (κ3) is 2.46. The molecule has 2 rings (SSSR count). The lowest BCUT2D eigenvalue weighted by molar-refractivity contribution is 0.280. The number of hydrogen-bond donors (Lipinski definition) is 1. The zero-order valence-corrected chi connectivity index (χ0v) is 9.51. The summed E-state index contributed by atoms with van der Waals surface area (Å²) in [5.74, 6) is -1.42. The summed E-state index contributed by atoms with van der Waals surface area (Å²) in [6.07, 6.45) is 0. The van der Waals surface area contributed by atoms with E-state index in [1.807, 2.05) is 0 Å². The molecule has 0 unspecified atom stereocenters. The van der Waals surface area contributed by atoms with Gasteiger partial charge in [0.1, 0.15) is 11.6 Å². The number of rotatable bonds is 2. The van der Waals surface area contributed by atoms with Gasteiger partial charge in [-0.15, -0.1) is 0 Å². The van der Waals surface area contributed by atoms with Crippen LogP contribution in [-0.2, 0) is 6.61 Å². The Balaban J connectivity index is 2.60. The van der Waals surface area contributed by atoms with Crippen molar-refractivity contribution in [3.8, 4) is 11.1 Å². The molecule has 0 aromatic heterocycles. The van der Waals surface area contributed by atoms with Crippen molar-refractivity contribution >= 4 is 11.6 Å². The number of halogens is 3. The molecule has 1 N–H and O–H groups in total. The molecule has 17 heavy (non-hydrogen) atoms. The molecule has 0 amide bonds. The Hall–Kier alpha value is -1.45. The van der Waals surface area contributed by atoms with Gasteiger partial charge >= 0.3 is 0 Å². The number of hydrogen-bond acceptors (Lipinski definition) is 1. The van der Waals surface area contributed by atoms with Gasteiger partial charge < -0.3 is 5.11 Å². The van der Waals surface area contributed by atoms with Gasteiger partial charge in [0.2, 0.25) is 0 Å². The van der Waals surface area contributed by atoms with Crippen LogP contribution in [0.3, 0.4) is 0 Å². The minimum absolute atomic E-state index is 0.135. The van der Waals surface area contributed by atoms with Crippen LogP contribution in [0.4, 0.5) is 8.78 Å². The molecule has 88 valence electrons. The fraction of sp³-hybridized carbons (Fsp3) is 0.0769. The molecule has 0 aliphatic carbocycles. The van der Waals surface area contributed by atoms with Crippen LogP contribution in [0.5, 0.6) is 0 Å². The molecule has 0 radical (unpaired) electrons. The Morgan fingerprint density at radius 1 is 1.06 bits per heavy atom. The molecular formula is C13H9ClF2O. The second-order valence-electron chi connectivity index (χ2n) is 3.60. The monoisotopic (exact) mass is 254 g/mol. The molecule has 0 fully saturated rings. The maximum absolute atomic E-state index is 13.7. The first-order valence-corrected chi connectivity index (χ1v) is 5.34. The Morgan fingerprint density at radius 2 is 1.71 bits per heavy atom. The van der Waals surface area contributed by atoms with Gasteiger partial charge in [-0.3, -0.25) is 0 Å². The van der Waals surface area contributed by atoms with E-state index in [0.717, 1.165) is 12.1 Å². The molecule has 0 aliphatic rings. The van der Waals surface area contributed by atoms with Crippen molar-refractivity contribution in [2.75, 3.05) is 0 Å². The maximum atomic E-state index is 13.7. The van der Waals surface area contributed by atoms with Gasteiger partial charge in [0.25, 0.3) is 0 Å². The third-order valence-electron chi connectivity index (χ3n) is 2.40. The summed E-state index contributed by atoms with van der Waals surface area (Å²) < 4.78 is 27.4. The van der Waals surface area contributed by atoms with Crippen molar-refractivity contribution < 1.29 is 13.9 Å². The van der Waals surface area contributed by atoms with E-state index in [0.29, 0.717) is 10.6 Å². The first-order valence-electron chi connectivity index (χ1n) is 4.96. The number of aliphatic hydroxyl groups excluding tert-OH is 1. The van der Waals surface area contributed by atoms with Crippen LogP contribution in [-0.4, -0.2) is 5.11 Å². The first-order chi connectivity index (χ1) is 8.11. The van der Waals surface area contributed by atoms with Crippen LogP contribution in [0.1, 0.15) is 5.56 Å². The standard InChI is InChI=1S/C13H9ClF2O/c14-10-3-1-2-9(6-10)13-11(15)4-8(7-17)5-12(13)16/h1-6,17H,7H2. The van der Waals surface area contributed by atoms with Crippen LogP contribution in [0, 0.1) is 11.6 Å². The van der Waals surface area contributed by atoms with Gasteiger partial charge in [0.05, 0.1) is 12.2 Å². The minimum Gasteiger partial charge on any atom is -0.392 e. The van der Waals surface area contributed by atoms with Crippen LogP contribution < -0.4 is 0 Å². The smallest absolute Gasteiger partial charge is 0.134 e. The molecule has 0 aliphatic heterocycles. The van der Waals surface area contributed by atoms with Gasteiger partial charge in [0.15, 0.2) is 0 Å². The topological polar surface area (TPSA) is 20.2 Å². The van der Waals surface area contributed by atoms with E-state index in [1.54, 1.807) is 18.2 Å². The lowest BCUT2D eigenvalue weighted by atomic mass is 10.0. The SMILES string of the molecule is OCc1cc(F)c(-c2cccc(Cl)c2)c(F)c1. The molecule has 0 bridgehead atoms. The third-order valence-corrected chi connectivity index (χ3v) is 2.63. The minimum atomic E-state index is -0.712. The van der Waals surface area contributed by atoms with Gasteiger partial charge in [0, 0.05) is 5.02 Å². The average Bonchev–Trinajstić information content (AvgIpc) is 2.28. The predicted octanol–water partition coefficient (Wildman–Crippen LogP) is 3.78. The second-order valence-corrected chi connectivity index (χ2v) is 4.04. The zero-order chi connectivity index (χ0) is 12.4. The van der Waals surface area contributed by atoms with Crippen LogP contribution in [0.15, 0.2) is 36.4 Å². The summed E-state index contributed by atoms with van der Waals surface area (Å²) in [6.45, 7) is -0.399. The Labute approximate surface area is 102 Å². The Bertz CT molecular complexity index is 532. The summed E-state index contributed by atoms with van der Waals surface area (Å²) in [6, 6.07) is 8.53. The second kappa shape index (κ2) is 4.82. The highest BCUT2D eigenvalue weighted by Crippen LogP contribution is 2.28. The molecule has 0 heterocycles. The van der Waals surface area contributed by atoms with Crippen LogP contribution in [0.25, 0.3) is 11.1 Å². The fourth-order valence-electron chi connectivity index (χ4n) is 1.64. The largest absolute Gasteiger partial charge is 0.392 e. The number of aliphatic hydroxyl groups is 1. The van der Waals surface area contributed by atoms with E-state index in [-0.39, 0.29) is 11.1 Å². The Morgan fingerprint density at radius 3 is 2.24 bits per heavy atom. The molecule has 2 aromatic rings. The molecule has 2 aromatic carbocycles. The van der Waals surface area contributed by atoms with Crippen molar-refractivity contribution in [2.45, 2.75) is 6.61 Å².